The van der Waals surface area contributed by atoms with E-state index in [1.54, 1.807) is 18.5 Å². The van der Waals surface area contributed by atoms with Crippen LogP contribution in [0.15, 0.2) is 18.5 Å². The number of aromatic amines is 1. The molecule has 0 aliphatic heterocycles. The number of nitrogens with one attached hydrogen (secondary N) is 1. The lowest BCUT2D eigenvalue weighted by molar-refractivity contribution is 0.0697. The van der Waals surface area contributed by atoms with E-state index in [0.29, 0.717) is 16.6 Å². The summed E-state index contributed by atoms with van der Waals surface area (Å²) in [5, 5.41) is 9.18. The molecule has 0 fully saturated rings. The van der Waals surface area contributed by atoms with Gasteiger partial charge >= 0.3 is 5.97 Å². The Morgan fingerprint density at radius 3 is 2.87 bits per heavy atom. The summed E-state index contributed by atoms with van der Waals surface area (Å²) in [5.74, 6) is -0.759. The lowest BCUT2D eigenvalue weighted by Gasteiger charge is -2.09. The van der Waals surface area contributed by atoms with Gasteiger partial charge in [-0.3, -0.25) is 4.98 Å². The minimum absolute atomic E-state index is 0.149. The summed E-state index contributed by atoms with van der Waals surface area (Å²) in [6, 6.07) is 1.77. The number of hydrogen-bond acceptors (Lipinski definition) is 2. The molecular formula is C11H12N2O2. The van der Waals surface area contributed by atoms with E-state index < -0.39 is 5.97 Å². The molecule has 0 amide bonds. The van der Waals surface area contributed by atoms with Crippen molar-refractivity contribution in [2.24, 2.45) is 0 Å². The lowest BCUT2D eigenvalue weighted by atomic mass is 9.98. The monoisotopic (exact) mass is 204 g/mol. The molecule has 0 saturated heterocycles. The van der Waals surface area contributed by atoms with Crippen LogP contribution in [0.25, 0.3) is 11.0 Å². The van der Waals surface area contributed by atoms with Crippen LogP contribution in [0.4, 0.5) is 0 Å². The fraction of sp³-hybridized carbons (Fsp3) is 0.273. The molecule has 78 valence electrons. The molecule has 2 heterocycles. The second-order valence-electron chi connectivity index (χ2n) is 3.79. The molecule has 0 saturated carbocycles. The number of aromatic nitrogens is 2. The molecular weight excluding hydrogens is 192 g/mol. The Balaban J connectivity index is 2.81. The molecule has 0 aromatic carbocycles. The average molecular weight is 204 g/mol. The van der Waals surface area contributed by atoms with Crippen LogP contribution in [-0.4, -0.2) is 21.0 Å². The third kappa shape index (κ3) is 1.48. The topological polar surface area (TPSA) is 66.0 Å². The number of fused-ring (bicyclic) bond motifs is 1. The molecule has 0 aliphatic carbocycles. The zero-order valence-electron chi connectivity index (χ0n) is 8.61. The number of hydrogen-bond donors (Lipinski definition) is 2. The van der Waals surface area contributed by atoms with Gasteiger partial charge in [-0.15, -0.1) is 0 Å². The fourth-order valence-corrected chi connectivity index (χ4v) is 1.69. The van der Waals surface area contributed by atoms with Gasteiger partial charge in [0.1, 0.15) is 0 Å². The maximum Gasteiger partial charge on any atom is 0.338 e. The van der Waals surface area contributed by atoms with Crippen molar-refractivity contribution < 1.29 is 9.90 Å². The van der Waals surface area contributed by atoms with Crippen molar-refractivity contribution in [2.45, 2.75) is 19.8 Å². The summed E-state index contributed by atoms with van der Waals surface area (Å²) < 4.78 is 0. The summed E-state index contributed by atoms with van der Waals surface area (Å²) in [7, 11) is 0. The molecule has 0 bridgehead atoms. The van der Waals surface area contributed by atoms with Gasteiger partial charge in [0.05, 0.1) is 16.6 Å². The second kappa shape index (κ2) is 3.38. The number of aromatic carboxylic acids is 1. The van der Waals surface area contributed by atoms with Gasteiger partial charge in [-0.1, -0.05) is 13.8 Å². The van der Waals surface area contributed by atoms with Crippen LogP contribution in [0.1, 0.15) is 35.7 Å². The Kier molecular flexibility index (Phi) is 2.19. The highest BCUT2D eigenvalue weighted by atomic mass is 16.4. The van der Waals surface area contributed by atoms with Gasteiger partial charge in [0.25, 0.3) is 0 Å². The highest BCUT2D eigenvalue weighted by molar-refractivity contribution is 6.02. The van der Waals surface area contributed by atoms with Crippen LogP contribution >= 0.6 is 0 Å². The van der Waals surface area contributed by atoms with Crippen molar-refractivity contribution in [3.05, 3.63) is 29.6 Å². The smallest absolute Gasteiger partial charge is 0.338 e. The zero-order chi connectivity index (χ0) is 11.0. The molecule has 0 spiro atoms. The predicted molar refractivity (Wildman–Crippen MR) is 57.1 cm³/mol. The van der Waals surface area contributed by atoms with Crippen molar-refractivity contribution in [2.75, 3.05) is 0 Å². The van der Waals surface area contributed by atoms with E-state index in [1.807, 2.05) is 13.8 Å². The second-order valence-corrected chi connectivity index (χ2v) is 3.79. The summed E-state index contributed by atoms with van der Waals surface area (Å²) in [6.45, 7) is 3.91. The number of pyridine rings is 1. The molecule has 0 atom stereocenters. The molecule has 2 aromatic rings. The summed E-state index contributed by atoms with van der Waals surface area (Å²) in [4.78, 5) is 18.3. The molecule has 15 heavy (non-hydrogen) atoms. The fourth-order valence-electron chi connectivity index (χ4n) is 1.69. The van der Waals surface area contributed by atoms with Gasteiger partial charge < -0.3 is 10.1 Å². The van der Waals surface area contributed by atoms with Crippen molar-refractivity contribution in [1.82, 2.24) is 9.97 Å². The first kappa shape index (κ1) is 9.71. The Hall–Kier alpha value is -1.84. The maximum absolute atomic E-state index is 11.2. The Bertz CT molecular complexity index is 514. The van der Waals surface area contributed by atoms with E-state index >= 15 is 0 Å². The normalized spacial score (nSPS) is 11.1. The van der Waals surface area contributed by atoms with E-state index in [1.165, 1.54) is 0 Å². The van der Waals surface area contributed by atoms with Crippen LogP contribution in [0.2, 0.25) is 0 Å². The molecule has 4 heteroatoms. The van der Waals surface area contributed by atoms with Crippen molar-refractivity contribution >= 4 is 17.0 Å². The number of rotatable bonds is 2. The Labute approximate surface area is 87.0 Å². The summed E-state index contributed by atoms with van der Waals surface area (Å²) in [5.41, 5.74) is 2.39. The lowest BCUT2D eigenvalue weighted by Crippen LogP contribution is -2.05. The first-order valence-electron chi connectivity index (χ1n) is 4.80. The molecule has 0 unspecified atom stereocenters. The first-order chi connectivity index (χ1) is 7.11. The van der Waals surface area contributed by atoms with Crippen LogP contribution in [-0.2, 0) is 0 Å². The maximum atomic E-state index is 11.2. The average Bonchev–Trinajstić information content (AvgIpc) is 2.62. The third-order valence-corrected chi connectivity index (χ3v) is 2.44. The number of carbonyl (C=O) groups is 1. The van der Waals surface area contributed by atoms with E-state index in [9.17, 15) is 9.90 Å². The molecule has 4 nitrogen and oxygen atoms in total. The number of H-pyrrole nitrogens is 1. The van der Waals surface area contributed by atoms with Crippen LogP contribution < -0.4 is 0 Å². The van der Waals surface area contributed by atoms with Gasteiger partial charge in [-0.2, -0.15) is 0 Å². The van der Waals surface area contributed by atoms with Gasteiger partial charge in [-0.05, 0) is 17.5 Å². The highest BCUT2D eigenvalue weighted by Gasteiger charge is 2.17. The van der Waals surface area contributed by atoms with Gasteiger partial charge in [0.15, 0.2) is 0 Å². The molecule has 0 aliphatic rings. The Morgan fingerprint density at radius 2 is 2.27 bits per heavy atom. The predicted octanol–water partition coefficient (Wildman–Crippen LogP) is 2.38. The first-order valence-corrected chi connectivity index (χ1v) is 4.80. The minimum Gasteiger partial charge on any atom is -0.478 e. The molecule has 2 N–H and O–H groups in total. The summed E-state index contributed by atoms with van der Waals surface area (Å²) >= 11 is 0. The van der Waals surface area contributed by atoms with E-state index in [0.717, 1.165) is 5.56 Å². The number of nitrogens with zero attached hydrogens (tertiary/aromatic N) is 1. The minimum atomic E-state index is -0.909. The quantitative estimate of drug-likeness (QED) is 0.789. The van der Waals surface area contributed by atoms with Crippen molar-refractivity contribution in [1.29, 1.82) is 0 Å². The SMILES string of the molecule is CC(C)c1cnc2cc[nH]c2c1C(=O)O. The standard InChI is InChI=1S/C11H12N2O2/c1-6(2)7-5-13-8-3-4-12-10(8)9(7)11(14)15/h3-6,12H,1-2H3,(H,14,15). The molecule has 0 radical (unpaired) electrons. The van der Waals surface area contributed by atoms with Crippen molar-refractivity contribution in [3.63, 3.8) is 0 Å². The van der Waals surface area contributed by atoms with Crippen molar-refractivity contribution in [3.8, 4) is 0 Å². The largest absolute Gasteiger partial charge is 0.478 e. The molecule has 2 aromatic heterocycles. The summed E-state index contributed by atoms with van der Waals surface area (Å²) in [6.07, 6.45) is 3.35. The van der Waals surface area contributed by atoms with E-state index in [-0.39, 0.29) is 5.92 Å². The van der Waals surface area contributed by atoms with Gasteiger partial charge in [-0.25, -0.2) is 4.79 Å². The van der Waals surface area contributed by atoms with Crippen LogP contribution in [0.5, 0.6) is 0 Å². The van der Waals surface area contributed by atoms with Crippen LogP contribution in [0.3, 0.4) is 0 Å². The van der Waals surface area contributed by atoms with Crippen LogP contribution in [0, 0.1) is 0 Å². The highest BCUT2D eigenvalue weighted by Crippen LogP contribution is 2.24. The zero-order valence-corrected chi connectivity index (χ0v) is 8.61. The van der Waals surface area contributed by atoms with E-state index in [4.69, 9.17) is 0 Å². The number of carboxylic acid groups (broad SMARTS) is 1. The van der Waals surface area contributed by atoms with Gasteiger partial charge in [0.2, 0.25) is 0 Å². The molecule has 2 rings (SSSR count). The third-order valence-electron chi connectivity index (χ3n) is 2.44. The number of carboxylic acids is 1. The Morgan fingerprint density at radius 1 is 1.53 bits per heavy atom. The van der Waals surface area contributed by atoms with E-state index in [2.05, 4.69) is 9.97 Å². The van der Waals surface area contributed by atoms with Gasteiger partial charge in [0, 0.05) is 12.4 Å².